The van der Waals surface area contributed by atoms with Crippen molar-refractivity contribution in [2.45, 2.75) is 33.6 Å². The van der Waals surface area contributed by atoms with Crippen molar-refractivity contribution in [1.82, 2.24) is 5.32 Å². The Bertz CT molecular complexity index is 671. The quantitative estimate of drug-likeness (QED) is 0.532. The lowest BCUT2D eigenvalue weighted by Crippen LogP contribution is -2.30. The molecule has 1 amide bonds. The number of carbonyl (C=O) groups excluding carboxylic acids is 1. The largest absolute Gasteiger partial charge is 0.395 e. The molecule has 0 aliphatic heterocycles. The summed E-state index contributed by atoms with van der Waals surface area (Å²) in [4.78, 5) is 16.2. The number of aliphatic hydroxyl groups is 1. The number of nitrogens with one attached hydrogen (secondary N) is 1. The minimum absolute atomic E-state index is 0.260. The van der Waals surface area contributed by atoms with E-state index in [0.717, 1.165) is 16.7 Å². The molecular weight excluding hydrogens is 324 g/mol. The zero-order valence-electron chi connectivity index (χ0n) is 16.2. The average molecular weight is 354 g/mol. The molecule has 0 spiro atoms. The molecule has 4 nitrogen and oxygen atoms in total. The molecule has 0 radical (unpaired) electrons. The van der Waals surface area contributed by atoms with Gasteiger partial charge in [0.2, 0.25) is 5.91 Å². The van der Waals surface area contributed by atoms with Crippen molar-refractivity contribution >= 4 is 12.6 Å². The first-order valence-corrected chi connectivity index (χ1v) is 8.66. The summed E-state index contributed by atoms with van der Waals surface area (Å²) in [6.07, 6.45) is 6.93. The van der Waals surface area contributed by atoms with Gasteiger partial charge < -0.3 is 10.4 Å². The fourth-order valence-corrected chi connectivity index (χ4v) is 2.06. The molecule has 1 unspecified atom stereocenters. The number of allylic oxidation sites excluding steroid dienone is 5. The van der Waals surface area contributed by atoms with Gasteiger partial charge in [0.25, 0.3) is 0 Å². The molecule has 1 rings (SSSR count). The van der Waals surface area contributed by atoms with Crippen LogP contribution in [0.4, 0.5) is 0 Å². The van der Waals surface area contributed by atoms with Gasteiger partial charge in [0.1, 0.15) is 0 Å². The van der Waals surface area contributed by atoms with E-state index in [4.69, 9.17) is 0 Å². The van der Waals surface area contributed by atoms with E-state index in [1.807, 2.05) is 58.0 Å². The fraction of sp³-hybridized carbons (Fsp3) is 0.273. The van der Waals surface area contributed by atoms with Crippen LogP contribution < -0.4 is 5.32 Å². The number of amides is 1. The van der Waals surface area contributed by atoms with Gasteiger partial charge in [-0.1, -0.05) is 62.4 Å². The number of aliphatic imine (C=N–C) groups is 1. The number of aliphatic hydroxyl groups excluding tert-OH is 1. The molecule has 1 atom stereocenters. The maximum atomic E-state index is 12.5. The van der Waals surface area contributed by atoms with Gasteiger partial charge in [-0.2, -0.15) is 0 Å². The van der Waals surface area contributed by atoms with Gasteiger partial charge in [-0.15, -0.1) is 0 Å². The van der Waals surface area contributed by atoms with Crippen molar-refractivity contribution in [3.05, 3.63) is 83.7 Å². The Balaban J connectivity index is 0.00000301. The second kappa shape index (κ2) is 13.6. The third kappa shape index (κ3) is 7.90. The third-order valence-electron chi connectivity index (χ3n) is 3.44. The first-order chi connectivity index (χ1) is 12.5. The summed E-state index contributed by atoms with van der Waals surface area (Å²) in [6, 6.07) is 9.20. The molecule has 1 aromatic rings. The first-order valence-electron chi connectivity index (χ1n) is 8.66. The molecular formula is C22H30N2O2. The second-order valence-corrected chi connectivity index (χ2v) is 5.26. The monoisotopic (exact) mass is 354 g/mol. The van der Waals surface area contributed by atoms with Crippen LogP contribution in [0.2, 0.25) is 0 Å². The molecule has 2 N–H and O–H groups in total. The Kier molecular flexibility index (Phi) is 12.1. The molecule has 0 aromatic heterocycles. The van der Waals surface area contributed by atoms with Crippen molar-refractivity contribution in [2.75, 3.05) is 6.61 Å². The highest BCUT2D eigenvalue weighted by atomic mass is 16.3. The van der Waals surface area contributed by atoms with Crippen molar-refractivity contribution in [2.24, 2.45) is 4.99 Å². The van der Waals surface area contributed by atoms with Crippen LogP contribution in [0.5, 0.6) is 0 Å². The van der Waals surface area contributed by atoms with Crippen LogP contribution in [0.3, 0.4) is 0 Å². The average Bonchev–Trinajstić information content (AvgIpc) is 2.67. The molecule has 0 aliphatic rings. The van der Waals surface area contributed by atoms with Gasteiger partial charge in [-0.05, 0) is 43.9 Å². The maximum Gasteiger partial charge on any atom is 0.234 e. The van der Waals surface area contributed by atoms with E-state index >= 15 is 0 Å². The van der Waals surface area contributed by atoms with E-state index in [1.165, 1.54) is 0 Å². The van der Waals surface area contributed by atoms with E-state index in [2.05, 4.69) is 23.6 Å². The van der Waals surface area contributed by atoms with Gasteiger partial charge in [0.15, 0.2) is 0 Å². The van der Waals surface area contributed by atoms with E-state index in [9.17, 15) is 9.90 Å². The van der Waals surface area contributed by atoms with Crippen LogP contribution in [0.15, 0.2) is 83.2 Å². The van der Waals surface area contributed by atoms with E-state index in [1.54, 1.807) is 24.4 Å². The number of nitrogens with zero attached hydrogens (tertiary/aromatic N) is 1. The molecule has 140 valence electrons. The Morgan fingerprint density at radius 2 is 1.92 bits per heavy atom. The SMILES string of the molecule is C=N\C=C/C(=C/C(=C\C)NC(=O)C(CO)c1ccccc1)C(=C)C.CC. The highest BCUT2D eigenvalue weighted by molar-refractivity contribution is 5.85. The van der Waals surface area contributed by atoms with Crippen LogP contribution in [0.25, 0.3) is 0 Å². The predicted octanol–water partition coefficient (Wildman–Crippen LogP) is 4.53. The number of carbonyl (C=O) groups is 1. The minimum Gasteiger partial charge on any atom is -0.395 e. The predicted molar refractivity (Wildman–Crippen MR) is 111 cm³/mol. The number of hydrogen-bond donors (Lipinski definition) is 2. The molecule has 4 heteroatoms. The Hall–Kier alpha value is -2.72. The normalized spacial score (nSPS) is 12.8. The summed E-state index contributed by atoms with van der Waals surface area (Å²) >= 11 is 0. The lowest BCUT2D eigenvalue weighted by atomic mass is 9.99. The zero-order valence-corrected chi connectivity index (χ0v) is 16.2. The standard InChI is InChI=1S/C20H24N2O2.C2H6/c1-5-18(13-17(15(2)3)11-12-21-4)22-20(24)19(14-23)16-9-7-6-8-10-16;1-2/h5-13,19,23H,2,4,14H2,1,3H3,(H,22,24);1-2H3/b12-11-,17-13-,18-5+;. The van der Waals surface area contributed by atoms with Gasteiger partial charge in [-0.25, -0.2) is 0 Å². The highest BCUT2D eigenvalue weighted by Gasteiger charge is 2.19. The number of rotatable bonds is 8. The van der Waals surface area contributed by atoms with Crippen LogP contribution in [-0.2, 0) is 4.79 Å². The van der Waals surface area contributed by atoms with Gasteiger partial charge >= 0.3 is 0 Å². The molecule has 0 saturated carbocycles. The highest BCUT2D eigenvalue weighted by Crippen LogP contribution is 2.17. The zero-order chi connectivity index (χ0) is 19.9. The maximum absolute atomic E-state index is 12.5. The van der Waals surface area contributed by atoms with E-state index in [0.29, 0.717) is 5.70 Å². The van der Waals surface area contributed by atoms with Crippen molar-refractivity contribution in [3.63, 3.8) is 0 Å². The molecule has 1 aromatic carbocycles. The lowest BCUT2D eigenvalue weighted by molar-refractivity contribution is -0.122. The Morgan fingerprint density at radius 3 is 2.38 bits per heavy atom. The van der Waals surface area contributed by atoms with Crippen LogP contribution in [0.1, 0.15) is 39.2 Å². The summed E-state index contributed by atoms with van der Waals surface area (Å²) in [7, 11) is 0. The van der Waals surface area contributed by atoms with Crippen LogP contribution in [-0.4, -0.2) is 24.3 Å². The summed E-state index contributed by atoms with van der Waals surface area (Å²) < 4.78 is 0. The summed E-state index contributed by atoms with van der Waals surface area (Å²) in [5.74, 6) is -0.881. The summed E-state index contributed by atoms with van der Waals surface area (Å²) in [5.41, 5.74) is 3.07. The first kappa shape index (κ1) is 23.3. The van der Waals surface area contributed by atoms with Crippen molar-refractivity contribution in [1.29, 1.82) is 0 Å². The minimum atomic E-state index is -0.617. The van der Waals surface area contributed by atoms with E-state index in [-0.39, 0.29) is 12.5 Å². The molecule has 26 heavy (non-hydrogen) atoms. The summed E-state index contributed by atoms with van der Waals surface area (Å²) in [5, 5.41) is 12.4. The molecule has 0 bridgehead atoms. The van der Waals surface area contributed by atoms with Crippen LogP contribution >= 0.6 is 0 Å². The second-order valence-electron chi connectivity index (χ2n) is 5.26. The smallest absolute Gasteiger partial charge is 0.234 e. The van der Waals surface area contributed by atoms with Crippen LogP contribution in [0, 0.1) is 0 Å². The Morgan fingerprint density at radius 1 is 1.31 bits per heavy atom. The molecule has 0 fully saturated rings. The Labute approximate surface area is 157 Å². The molecule has 0 heterocycles. The fourth-order valence-electron chi connectivity index (χ4n) is 2.06. The third-order valence-corrected chi connectivity index (χ3v) is 3.44. The number of benzene rings is 1. The van der Waals surface area contributed by atoms with Gasteiger partial charge in [0, 0.05) is 11.9 Å². The van der Waals surface area contributed by atoms with Crippen molar-refractivity contribution < 1.29 is 9.90 Å². The topological polar surface area (TPSA) is 61.7 Å². The molecule has 0 aliphatic carbocycles. The van der Waals surface area contributed by atoms with E-state index < -0.39 is 5.92 Å². The van der Waals surface area contributed by atoms with Crippen molar-refractivity contribution in [3.8, 4) is 0 Å². The summed E-state index contributed by atoms with van der Waals surface area (Å²) in [6.45, 7) is 14.8. The van der Waals surface area contributed by atoms with Gasteiger partial charge in [0.05, 0.1) is 12.5 Å². The number of hydrogen-bond acceptors (Lipinski definition) is 3. The molecule has 0 saturated heterocycles. The van der Waals surface area contributed by atoms with Gasteiger partial charge in [-0.3, -0.25) is 9.79 Å². The lowest BCUT2D eigenvalue weighted by Gasteiger charge is -2.15.